The Morgan fingerprint density at radius 1 is 0.453 bits per heavy atom. The van der Waals surface area contributed by atoms with E-state index in [2.05, 4.69) is 189 Å². The lowest BCUT2D eigenvalue weighted by atomic mass is 9.51. The van der Waals surface area contributed by atoms with E-state index >= 15 is 0 Å². The second-order valence-corrected chi connectivity index (χ2v) is 15.3. The molecule has 2 atom stereocenters. The van der Waals surface area contributed by atoms with Crippen molar-refractivity contribution in [2.45, 2.75) is 23.9 Å². The van der Waals surface area contributed by atoms with Crippen molar-refractivity contribution in [2.75, 3.05) is 0 Å². The van der Waals surface area contributed by atoms with Gasteiger partial charge in [-0.3, -0.25) is 0 Å². The molecule has 2 heteroatoms. The van der Waals surface area contributed by atoms with Crippen molar-refractivity contribution < 1.29 is 9.47 Å². The summed E-state index contributed by atoms with van der Waals surface area (Å²) in [6.07, 6.45) is 6.98. The molecule has 53 heavy (non-hydrogen) atoms. The lowest BCUT2D eigenvalue weighted by Crippen LogP contribution is -2.55. The fraction of sp³-hybridized carbons (Fsp3) is 0.0980. The number of para-hydroxylation sites is 3. The molecule has 2 spiro atoms. The summed E-state index contributed by atoms with van der Waals surface area (Å²) in [5.74, 6) is 2.77. The molecule has 0 fully saturated rings. The van der Waals surface area contributed by atoms with E-state index in [1.165, 1.54) is 72.3 Å². The monoisotopic (exact) mass is 678 g/mol. The van der Waals surface area contributed by atoms with E-state index in [9.17, 15) is 0 Å². The second kappa shape index (κ2) is 10.1. The Bertz CT molecular complexity index is 2690. The van der Waals surface area contributed by atoms with Gasteiger partial charge >= 0.3 is 0 Å². The zero-order valence-corrected chi connectivity index (χ0v) is 29.2. The lowest BCUT2D eigenvalue weighted by molar-refractivity contribution is 0.0671. The summed E-state index contributed by atoms with van der Waals surface area (Å²) in [5, 5.41) is 0. The summed E-state index contributed by atoms with van der Waals surface area (Å²) in [6.45, 7) is 2.42. The first-order chi connectivity index (χ1) is 26.1. The molecule has 7 aromatic carbocycles. The van der Waals surface area contributed by atoms with Crippen LogP contribution in [0, 0.1) is 5.41 Å². The first-order valence-electron chi connectivity index (χ1n) is 18.6. The molecule has 250 valence electrons. The van der Waals surface area contributed by atoms with Gasteiger partial charge in [-0.25, -0.2) is 0 Å². The molecule has 5 aliphatic rings. The summed E-state index contributed by atoms with van der Waals surface area (Å²) in [5.41, 5.74) is 15.0. The zero-order valence-electron chi connectivity index (χ0n) is 29.2. The Morgan fingerprint density at radius 2 is 0.943 bits per heavy atom. The van der Waals surface area contributed by atoms with E-state index in [1.807, 2.05) is 0 Å². The molecule has 2 heterocycles. The minimum atomic E-state index is -0.518. The molecule has 2 aliphatic heterocycles. The van der Waals surface area contributed by atoms with E-state index < -0.39 is 16.2 Å². The Hall–Kier alpha value is -6.38. The summed E-state index contributed by atoms with van der Waals surface area (Å²) in [7, 11) is 0. The highest BCUT2D eigenvalue weighted by Gasteiger charge is 2.63. The number of ether oxygens (including phenoxy) is 2. The minimum Gasteiger partial charge on any atom is -0.485 e. The van der Waals surface area contributed by atoms with Crippen molar-refractivity contribution in [3.8, 4) is 39.5 Å². The van der Waals surface area contributed by atoms with Crippen molar-refractivity contribution in [2.24, 2.45) is 5.41 Å². The largest absolute Gasteiger partial charge is 0.485 e. The molecule has 7 aromatic rings. The summed E-state index contributed by atoms with van der Waals surface area (Å²) in [6, 6.07) is 60.0. The van der Waals surface area contributed by atoms with Crippen molar-refractivity contribution in [3.63, 3.8) is 0 Å². The third-order valence-electron chi connectivity index (χ3n) is 13.0. The van der Waals surface area contributed by atoms with Gasteiger partial charge in [-0.15, -0.1) is 0 Å². The third-order valence-corrected chi connectivity index (χ3v) is 13.0. The molecule has 0 saturated carbocycles. The minimum absolute atomic E-state index is 0.167. The van der Waals surface area contributed by atoms with Gasteiger partial charge in [0.25, 0.3) is 0 Å². The number of allylic oxidation sites excluding steroid dienone is 2. The van der Waals surface area contributed by atoms with Crippen LogP contribution in [0.2, 0.25) is 0 Å². The Labute approximate surface area is 309 Å². The van der Waals surface area contributed by atoms with Crippen LogP contribution in [0.3, 0.4) is 0 Å². The van der Waals surface area contributed by atoms with Gasteiger partial charge in [0.15, 0.2) is 0 Å². The van der Waals surface area contributed by atoms with Gasteiger partial charge in [0.2, 0.25) is 0 Å². The van der Waals surface area contributed by atoms with Crippen LogP contribution >= 0.6 is 0 Å². The number of fused-ring (bicyclic) bond motifs is 18. The molecule has 0 radical (unpaired) electrons. The fourth-order valence-electron chi connectivity index (χ4n) is 11.0. The first-order valence-corrected chi connectivity index (χ1v) is 18.6. The number of hydrogen-bond donors (Lipinski definition) is 0. The quantitative estimate of drug-likeness (QED) is 0.172. The Morgan fingerprint density at radius 3 is 1.58 bits per heavy atom. The maximum absolute atomic E-state index is 6.98. The first kappa shape index (κ1) is 29.2. The molecule has 0 bridgehead atoms. The fourth-order valence-corrected chi connectivity index (χ4v) is 11.0. The van der Waals surface area contributed by atoms with Crippen LogP contribution in [0.5, 0.6) is 17.2 Å². The second-order valence-electron chi connectivity index (χ2n) is 15.3. The summed E-state index contributed by atoms with van der Waals surface area (Å²) < 4.78 is 13.6. The molecule has 0 N–H and O–H groups in total. The van der Waals surface area contributed by atoms with Crippen molar-refractivity contribution in [3.05, 3.63) is 227 Å². The maximum Gasteiger partial charge on any atom is 0.132 e. The average Bonchev–Trinajstić information content (AvgIpc) is 3.67. The van der Waals surface area contributed by atoms with Gasteiger partial charge in [0, 0.05) is 22.1 Å². The smallest absolute Gasteiger partial charge is 0.132 e. The van der Waals surface area contributed by atoms with Gasteiger partial charge < -0.3 is 9.47 Å². The maximum atomic E-state index is 6.98. The van der Waals surface area contributed by atoms with Crippen LogP contribution in [0.4, 0.5) is 0 Å². The van der Waals surface area contributed by atoms with Crippen LogP contribution in [-0.4, -0.2) is 6.10 Å². The number of benzene rings is 7. The zero-order chi connectivity index (χ0) is 34.9. The van der Waals surface area contributed by atoms with Crippen LogP contribution in [0.15, 0.2) is 182 Å². The average molecular weight is 679 g/mol. The third kappa shape index (κ3) is 3.41. The van der Waals surface area contributed by atoms with E-state index in [-0.39, 0.29) is 6.10 Å². The van der Waals surface area contributed by atoms with Crippen molar-refractivity contribution in [1.82, 2.24) is 0 Å². The topological polar surface area (TPSA) is 18.5 Å². The molecule has 0 saturated heterocycles. The van der Waals surface area contributed by atoms with Gasteiger partial charge in [-0.05, 0) is 86.0 Å². The predicted octanol–water partition coefficient (Wildman–Crippen LogP) is 11.9. The van der Waals surface area contributed by atoms with Crippen LogP contribution in [0.1, 0.15) is 51.4 Å². The SMILES string of the molecule is CC12C=C(c3ccc4c(c3)C3(c5ccccc5Oc5ccccc53)c3ccccc3-4)C=CC1Oc1ccccc1C21c2ccccc2-c2ccccc21. The van der Waals surface area contributed by atoms with Crippen LogP contribution in [0.25, 0.3) is 27.8 Å². The van der Waals surface area contributed by atoms with Gasteiger partial charge in [0.1, 0.15) is 23.4 Å². The predicted molar refractivity (Wildman–Crippen MR) is 212 cm³/mol. The molecule has 0 aromatic heterocycles. The molecular formula is C51H34O2. The molecule has 2 nitrogen and oxygen atoms in total. The van der Waals surface area contributed by atoms with Crippen molar-refractivity contribution in [1.29, 1.82) is 0 Å². The van der Waals surface area contributed by atoms with E-state index in [0.717, 1.165) is 17.2 Å². The molecule has 12 rings (SSSR count). The highest BCUT2D eigenvalue weighted by molar-refractivity contribution is 5.92. The Balaban J connectivity index is 1.13. The lowest BCUT2D eigenvalue weighted by Gasteiger charge is -2.55. The Kier molecular flexibility index (Phi) is 5.59. The highest BCUT2D eigenvalue weighted by atomic mass is 16.5. The normalized spacial score (nSPS) is 20.7. The molecule has 3 aliphatic carbocycles. The highest BCUT2D eigenvalue weighted by Crippen LogP contribution is 2.68. The van der Waals surface area contributed by atoms with Crippen LogP contribution < -0.4 is 9.47 Å². The number of hydrogen-bond acceptors (Lipinski definition) is 2. The van der Waals surface area contributed by atoms with E-state index in [4.69, 9.17) is 9.47 Å². The summed E-state index contributed by atoms with van der Waals surface area (Å²) in [4.78, 5) is 0. The van der Waals surface area contributed by atoms with Crippen molar-refractivity contribution >= 4 is 5.57 Å². The molecular weight excluding hydrogens is 645 g/mol. The van der Waals surface area contributed by atoms with Gasteiger partial charge in [-0.2, -0.15) is 0 Å². The molecule has 2 unspecified atom stereocenters. The van der Waals surface area contributed by atoms with Gasteiger partial charge in [0.05, 0.1) is 10.8 Å². The summed E-state index contributed by atoms with van der Waals surface area (Å²) >= 11 is 0. The number of rotatable bonds is 1. The standard InChI is InChI=1S/C51H34O2/c1-49-31-33(27-29-48(49)53-47-25-13-10-22-43(47)51(49)39-18-6-3-15-35(39)36-16-4-7-19-40(36)51)32-26-28-37-34-14-2-5-17-38(34)50(44(37)30-32)41-20-8-11-23-45(41)52-46-24-12-9-21-42(46)50/h2-31,48H,1H3. The van der Waals surface area contributed by atoms with E-state index in [0.29, 0.717) is 0 Å². The molecule has 0 amide bonds. The van der Waals surface area contributed by atoms with E-state index in [1.54, 1.807) is 0 Å². The van der Waals surface area contributed by atoms with Gasteiger partial charge in [-0.1, -0.05) is 159 Å². The van der Waals surface area contributed by atoms with Crippen LogP contribution in [-0.2, 0) is 10.8 Å².